The van der Waals surface area contributed by atoms with Gasteiger partial charge in [-0.25, -0.2) is 0 Å². The lowest BCUT2D eigenvalue weighted by Gasteiger charge is -2.49. The molecule has 17 heavy (non-hydrogen) atoms. The Morgan fingerprint density at radius 2 is 1.12 bits per heavy atom. The maximum atomic E-state index is 10.9. The standard InChI is InChI=1S/C15H28O2/c1-2-13(14(16)9-5-3-6-10-14)15(17)11-7-4-8-12-15/h13,16-17H,2-12H2,1H3. The van der Waals surface area contributed by atoms with Gasteiger partial charge in [-0.3, -0.25) is 0 Å². The third kappa shape index (κ3) is 2.68. The molecule has 0 aliphatic heterocycles. The Balaban J connectivity index is 2.13. The Bertz CT molecular complexity index is 213. The van der Waals surface area contributed by atoms with Crippen molar-refractivity contribution in [3.05, 3.63) is 0 Å². The Hall–Kier alpha value is -0.0800. The van der Waals surface area contributed by atoms with Crippen molar-refractivity contribution in [1.82, 2.24) is 0 Å². The summed E-state index contributed by atoms with van der Waals surface area (Å²) in [5.74, 6) is 0.0931. The second kappa shape index (κ2) is 5.27. The van der Waals surface area contributed by atoms with Gasteiger partial charge < -0.3 is 10.2 Å². The van der Waals surface area contributed by atoms with Crippen LogP contribution in [0.1, 0.15) is 77.6 Å². The van der Waals surface area contributed by atoms with Gasteiger partial charge in [0.05, 0.1) is 11.2 Å². The molecular weight excluding hydrogens is 212 g/mol. The lowest BCUT2D eigenvalue weighted by molar-refractivity contribution is -0.154. The molecule has 0 atom stereocenters. The molecule has 0 aromatic heterocycles. The summed E-state index contributed by atoms with van der Waals surface area (Å²) in [5.41, 5.74) is -1.17. The normalized spacial score (nSPS) is 28.2. The van der Waals surface area contributed by atoms with Gasteiger partial charge in [0.15, 0.2) is 0 Å². The van der Waals surface area contributed by atoms with Gasteiger partial charge in [-0.15, -0.1) is 0 Å². The molecule has 2 heteroatoms. The van der Waals surface area contributed by atoms with Crippen molar-refractivity contribution < 1.29 is 10.2 Å². The lowest BCUT2D eigenvalue weighted by Crippen LogP contribution is -2.53. The van der Waals surface area contributed by atoms with E-state index in [1.807, 2.05) is 0 Å². The van der Waals surface area contributed by atoms with Crippen LogP contribution in [0.5, 0.6) is 0 Å². The first-order valence-electron chi connectivity index (χ1n) is 7.55. The molecule has 2 aliphatic rings. The molecule has 0 heterocycles. The molecule has 0 saturated heterocycles. The minimum atomic E-state index is -0.584. The van der Waals surface area contributed by atoms with E-state index in [4.69, 9.17) is 0 Å². The quantitative estimate of drug-likeness (QED) is 0.793. The summed E-state index contributed by atoms with van der Waals surface area (Å²) < 4.78 is 0. The van der Waals surface area contributed by atoms with Crippen LogP contribution < -0.4 is 0 Å². The number of hydrogen-bond donors (Lipinski definition) is 2. The molecule has 2 fully saturated rings. The van der Waals surface area contributed by atoms with E-state index in [0.717, 1.165) is 57.8 Å². The molecular formula is C15H28O2. The van der Waals surface area contributed by atoms with Crippen molar-refractivity contribution in [2.45, 2.75) is 88.8 Å². The molecule has 0 aromatic rings. The average molecular weight is 240 g/mol. The molecule has 0 radical (unpaired) electrons. The molecule has 2 aliphatic carbocycles. The van der Waals surface area contributed by atoms with Gasteiger partial charge in [-0.2, -0.15) is 0 Å². The fourth-order valence-corrected chi connectivity index (χ4v) is 4.28. The third-order valence-corrected chi connectivity index (χ3v) is 5.14. The molecule has 2 rings (SSSR count). The fraction of sp³-hybridized carbons (Fsp3) is 1.00. The van der Waals surface area contributed by atoms with Crippen molar-refractivity contribution in [2.24, 2.45) is 5.92 Å². The highest BCUT2D eigenvalue weighted by molar-refractivity contribution is 5.00. The van der Waals surface area contributed by atoms with E-state index in [1.165, 1.54) is 12.8 Å². The monoisotopic (exact) mass is 240 g/mol. The van der Waals surface area contributed by atoms with E-state index in [0.29, 0.717) is 0 Å². The average Bonchev–Trinajstić information content (AvgIpc) is 2.31. The zero-order valence-corrected chi connectivity index (χ0v) is 11.2. The molecule has 0 aromatic carbocycles. The lowest BCUT2D eigenvalue weighted by atomic mass is 9.63. The first kappa shape index (κ1) is 13.4. The summed E-state index contributed by atoms with van der Waals surface area (Å²) in [4.78, 5) is 0. The smallest absolute Gasteiger partial charge is 0.0703 e. The summed E-state index contributed by atoms with van der Waals surface area (Å²) in [6.07, 6.45) is 11.5. The van der Waals surface area contributed by atoms with Gasteiger partial charge in [0.25, 0.3) is 0 Å². The second-order valence-corrected chi connectivity index (χ2v) is 6.29. The van der Waals surface area contributed by atoms with Gasteiger partial charge in [0.1, 0.15) is 0 Å². The van der Waals surface area contributed by atoms with Gasteiger partial charge in [0, 0.05) is 5.92 Å². The van der Waals surface area contributed by atoms with E-state index < -0.39 is 11.2 Å². The van der Waals surface area contributed by atoms with Crippen LogP contribution in [0.4, 0.5) is 0 Å². The van der Waals surface area contributed by atoms with Gasteiger partial charge in [0.2, 0.25) is 0 Å². The third-order valence-electron chi connectivity index (χ3n) is 5.14. The van der Waals surface area contributed by atoms with Crippen LogP contribution in [-0.2, 0) is 0 Å². The highest BCUT2D eigenvalue weighted by Gasteiger charge is 2.48. The molecule has 2 N–H and O–H groups in total. The molecule has 0 unspecified atom stereocenters. The first-order chi connectivity index (χ1) is 8.11. The number of hydrogen-bond acceptors (Lipinski definition) is 2. The summed E-state index contributed by atoms with van der Waals surface area (Å²) in [6.45, 7) is 2.13. The highest BCUT2D eigenvalue weighted by Crippen LogP contribution is 2.46. The number of rotatable bonds is 3. The minimum Gasteiger partial charge on any atom is -0.389 e. The van der Waals surface area contributed by atoms with Crippen molar-refractivity contribution in [3.8, 4) is 0 Å². The van der Waals surface area contributed by atoms with E-state index >= 15 is 0 Å². The van der Waals surface area contributed by atoms with E-state index in [2.05, 4.69) is 6.92 Å². The largest absolute Gasteiger partial charge is 0.389 e. The Kier molecular flexibility index (Phi) is 4.14. The van der Waals surface area contributed by atoms with Crippen molar-refractivity contribution >= 4 is 0 Å². The van der Waals surface area contributed by atoms with Crippen LogP contribution in [0.2, 0.25) is 0 Å². The predicted molar refractivity (Wildman–Crippen MR) is 69.9 cm³/mol. The summed E-state index contributed by atoms with van der Waals surface area (Å²) >= 11 is 0. The summed E-state index contributed by atoms with van der Waals surface area (Å²) in [5, 5.41) is 21.8. The van der Waals surface area contributed by atoms with E-state index in [-0.39, 0.29) is 5.92 Å². The maximum Gasteiger partial charge on any atom is 0.0703 e. The highest BCUT2D eigenvalue weighted by atomic mass is 16.3. The molecule has 2 nitrogen and oxygen atoms in total. The summed E-state index contributed by atoms with van der Waals surface area (Å²) in [6, 6.07) is 0. The van der Waals surface area contributed by atoms with E-state index in [1.54, 1.807) is 0 Å². The molecule has 100 valence electrons. The van der Waals surface area contributed by atoms with Crippen LogP contribution >= 0.6 is 0 Å². The van der Waals surface area contributed by atoms with Crippen molar-refractivity contribution in [2.75, 3.05) is 0 Å². The SMILES string of the molecule is CCC(C1(O)CCCCC1)C1(O)CCCCC1. The number of aliphatic hydroxyl groups is 2. The van der Waals surface area contributed by atoms with Crippen LogP contribution in [0.25, 0.3) is 0 Å². The minimum absolute atomic E-state index is 0.0931. The molecule has 0 bridgehead atoms. The molecule has 2 saturated carbocycles. The second-order valence-electron chi connectivity index (χ2n) is 6.29. The van der Waals surface area contributed by atoms with Crippen LogP contribution in [0, 0.1) is 5.92 Å². The Morgan fingerprint density at radius 3 is 1.41 bits per heavy atom. The molecule has 0 amide bonds. The zero-order chi connectivity index (χ0) is 12.4. The predicted octanol–water partition coefficient (Wildman–Crippen LogP) is 3.40. The first-order valence-corrected chi connectivity index (χ1v) is 7.55. The van der Waals surface area contributed by atoms with Crippen LogP contribution in [0.3, 0.4) is 0 Å². The van der Waals surface area contributed by atoms with Crippen LogP contribution in [-0.4, -0.2) is 21.4 Å². The van der Waals surface area contributed by atoms with Gasteiger partial charge in [-0.1, -0.05) is 45.4 Å². The fourth-order valence-electron chi connectivity index (χ4n) is 4.28. The topological polar surface area (TPSA) is 40.5 Å². The summed E-state index contributed by atoms with van der Waals surface area (Å²) in [7, 11) is 0. The molecule has 0 spiro atoms. The Labute approximate surface area is 105 Å². The Morgan fingerprint density at radius 1 is 0.765 bits per heavy atom. The van der Waals surface area contributed by atoms with Gasteiger partial charge in [-0.05, 0) is 32.1 Å². The van der Waals surface area contributed by atoms with Crippen LogP contribution in [0.15, 0.2) is 0 Å². The van der Waals surface area contributed by atoms with E-state index in [9.17, 15) is 10.2 Å². The van der Waals surface area contributed by atoms with Gasteiger partial charge >= 0.3 is 0 Å². The zero-order valence-electron chi connectivity index (χ0n) is 11.2. The maximum absolute atomic E-state index is 10.9. The van der Waals surface area contributed by atoms with Crippen molar-refractivity contribution in [3.63, 3.8) is 0 Å². The van der Waals surface area contributed by atoms with Crippen molar-refractivity contribution in [1.29, 1.82) is 0 Å².